The van der Waals surface area contributed by atoms with E-state index < -0.39 is 0 Å². The number of methoxy groups -OCH3 is 1. The normalized spacial score (nSPS) is 22.0. The highest BCUT2D eigenvalue weighted by molar-refractivity contribution is 5.98. The molecule has 27 heavy (non-hydrogen) atoms. The summed E-state index contributed by atoms with van der Waals surface area (Å²) >= 11 is 0. The largest absolute Gasteiger partial charge is 0.493 e. The maximum absolute atomic E-state index is 12.2. The summed E-state index contributed by atoms with van der Waals surface area (Å²) in [6, 6.07) is 7.97. The van der Waals surface area contributed by atoms with E-state index >= 15 is 0 Å². The molecule has 5 nitrogen and oxygen atoms in total. The van der Waals surface area contributed by atoms with Crippen LogP contribution in [-0.2, 0) is 4.79 Å². The van der Waals surface area contributed by atoms with E-state index in [-0.39, 0.29) is 17.9 Å². The lowest BCUT2D eigenvalue weighted by Gasteiger charge is -2.26. The molecule has 0 spiro atoms. The molecule has 2 heterocycles. The molecule has 4 rings (SSSR count). The van der Waals surface area contributed by atoms with Crippen molar-refractivity contribution in [3.05, 3.63) is 53.5 Å². The molecule has 1 saturated carbocycles. The number of hydrogen-bond acceptors (Lipinski definition) is 4. The minimum absolute atomic E-state index is 0.0107. The van der Waals surface area contributed by atoms with E-state index in [2.05, 4.69) is 17.4 Å². The van der Waals surface area contributed by atoms with Crippen molar-refractivity contribution in [3.8, 4) is 11.5 Å². The number of hydrogen-bond donors (Lipinski definition) is 1. The Morgan fingerprint density at radius 2 is 2.04 bits per heavy atom. The zero-order valence-corrected chi connectivity index (χ0v) is 15.6. The molecule has 1 aromatic heterocycles. The van der Waals surface area contributed by atoms with Crippen LogP contribution < -0.4 is 14.8 Å². The average molecular weight is 367 g/mol. The molecule has 1 amide bonds. The monoisotopic (exact) mass is 367 g/mol. The fourth-order valence-electron chi connectivity index (χ4n) is 3.90. The smallest absolute Gasteiger partial charge is 0.247 e. The number of carbonyl (C=O) groups is 1. The van der Waals surface area contributed by atoms with Crippen LogP contribution in [0.15, 0.2) is 46.8 Å². The first-order valence-electron chi connectivity index (χ1n) is 9.58. The Labute approximate surface area is 159 Å². The first-order chi connectivity index (χ1) is 13.2. The Bertz CT molecular complexity index is 819. The lowest BCUT2D eigenvalue weighted by atomic mass is 9.87. The molecule has 142 valence electrons. The van der Waals surface area contributed by atoms with Gasteiger partial charge in [0.05, 0.1) is 25.7 Å². The summed E-state index contributed by atoms with van der Waals surface area (Å²) in [5.41, 5.74) is 2.82. The third-order valence-electron chi connectivity index (χ3n) is 5.41. The second-order valence-corrected chi connectivity index (χ2v) is 7.27. The van der Waals surface area contributed by atoms with Crippen molar-refractivity contribution in [2.75, 3.05) is 13.7 Å². The molecule has 2 aliphatic rings. The van der Waals surface area contributed by atoms with Gasteiger partial charge in [-0.2, -0.15) is 0 Å². The number of benzene rings is 1. The van der Waals surface area contributed by atoms with Gasteiger partial charge in [-0.25, -0.2) is 0 Å². The first-order valence-corrected chi connectivity index (χ1v) is 9.58. The van der Waals surface area contributed by atoms with Gasteiger partial charge < -0.3 is 19.2 Å². The van der Waals surface area contributed by atoms with Crippen LogP contribution >= 0.6 is 0 Å². The van der Waals surface area contributed by atoms with Gasteiger partial charge in [0.1, 0.15) is 0 Å². The Kier molecular flexibility index (Phi) is 5.19. The standard InChI is InChI=1S/C22H25NO4/c1-25-20-7-6-16(12-21(20)27-19-4-2-3-5-19)18-11-17(22(24)23-13-18)10-15-8-9-26-14-15/h6-10,12,14,18-19H,2-5,11,13H2,1H3,(H,23,24). The highest BCUT2D eigenvalue weighted by Gasteiger charge is 2.26. The minimum Gasteiger partial charge on any atom is -0.493 e. The fourth-order valence-corrected chi connectivity index (χ4v) is 3.90. The van der Waals surface area contributed by atoms with Crippen molar-refractivity contribution < 1.29 is 18.7 Å². The van der Waals surface area contributed by atoms with Crippen molar-refractivity contribution in [3.63, 3.8) is 0 Å². The molecule has 0 bridgehead atoms. The van der Waals surface area contributed by atoms with E-state index in [0.717, 1.165) is 41.0 Å². The quantitative estimate of drug-likeness (QED) is 0.801. The number of carbonyl (C=O) groups excluding carboxylic acids is 1. The van der Waals surface area contributed by atoms with Crippen LogP contribution in [0.1, 0.15) is 49.1 Å². The molecule has 1 aliphatic heterocycles. The number of piperidine rings is 1. The summed E-state index contributed by atoms with van der Waals surface area (Å²) in [4.78, 5) is 12.2. The lowest BCUT2D eigenvalue weighted by Crippen LogP contribution is -2.35. The molecular weight excluding hydrogens is 342 g/mol. The molecular formula is C22H25NO4. The van der Waals surface area contributed by atoms with Gasteiger partial charge in [0, 0.05) is 23.6 Å². The van der Waals surface area contributed by atoms with Gasteiger partial charge in [0.25, 0.3) is 0 Å². The Hall–Kier alpha value is -2.69. The summed E-state index contributed by atoms with van der Waals surface area (Å²) < 4.78 is 16.8. The van der Waals surface area contributed by atoms with Crippen molar-refractivity contribution in [1.29, 1.82) is 0 Å². The SMILES string of the molecule is COc1ccc(C2CNC(=O)C(=Cc3ccoc3)C2)cc1OC1CCCC1. The van der Waals surface area contributed by atoms with E-state index in [4.69, 9.17) is 13.9 Å². The average Bonchev–Trinajstić information content (AvgIpc) is 3.38. The Morgan fingerprint density at radius 1 is 1.19 bits per heavy atom. The van der Waals surface area contributed by atoms with E-state index in [0.29, 0.717) is 13.0 Å². The molecule has 1 saturated heterocycles. The van der Waals surface area contributed by atoms with Crippen LogP contribution in [0.3, 0.4) is 0 Å². The second-order valence-electron chi connectivity index (χ2n) is 7.27. The van der Waals surface area contributed by atoms with E-state index in [1.165, 1.54) is 12.8 Å². The number of rotatable bonds is 5. The molecule has 0 radical (unpaired) electrons. The summed E-state index contributed by atoms with van der Waals surface area (Å²) in [6.45, 7) is 0.622. The van der Waals surface area contributed by atoms with Crippen LogP contribution in [0.4, 0.5) is 0 Å². The maximum Gasteiger partial charge on any atom is 0.247 e. The number of nitrogens with one attached hydrogen (secondary N) is 1. The molecule has 1 N–H and O–H groups in total. The molecule has 1 aromatic carbocycles. The number of amides is 1. The Morgan fingerprint density at radius 3 is 2.78 bits per heavy atom. The second kappa shape index (κ2) is 7.91. The summed E-state index contributed by atoms with van der Waals surface area (Å²) in [5.74, 6) is 1.76. The molecule has 5 heteroatoms. The lowest BCUT2D eigenvalue weighted by molar-refractivity contribution is -0.118. The van der Waals surface area contributed by atoms with Crippen LogP contribution in [0, 0.1) is 0 Å². The molecule has 2 aromatic rings. The highest BCUT2D eigenvalue weighted by Crippen LogP contribution is 2.36. The molecule has 1 atom stereocenters. The summed E-state index contributed by atoms with van der Waals surface area (Å²) in [5, 5.41) is 3.00. The molecule has 1 aliphatic carbocycles. The molecule has 1 unspecified atom stereocenters. The van der Waals surface area contributed by atoms with Crippen molar-refractivity contribution >= 4 is 12.0 Å². The Balaban J connectivity index is 1.55. The van der Waals surface area contributed by atoms with Gasteiger partial charge in [-0.1, -0.05) is 6.07 Å². The van der Waals surface area contributed by atoms with E-state index in [1.54, 1.807) is 19.6 Å². The highest BCUT2D eigenvalue weighted by atomic mass is 16.5. The minimum atomic E-state index is -0.0107. The van der Waals surface area contributed by atoms with E-state index in [9.17, 15) is 4.79 Å². The van der Waals surface area contributed by atoms with Gasteiger partial charge in [0.15, 0.2) is 11.5 Å². The number of furan rings is 1. The van der Waals surface area contributed by atoms with Gasteiger partial charge in [0.2, 0.25) is 5.91 Å². The van der Waals surface area contributed by atoms with E-state index in [1.807, 2.05) is 18.2 Å². The van der Waals surface area contributed by atoms with Gasteiger partial charge >= 0.3 is 0 Å². The van der Waals surface area contributed by atoms with Crippen molar-refractivity contribution in [2.24, 2.45) is 0 Å². The molecule has 2 fully saturated rings. The topological polar surface area (TPSA) is 60.7 Å². The summed E-state index contributed by atoms with van der Waals surface area (Å²) in [6.07, 6.45) is 10.8. The zero-order chi connectivity index (χ0) is 18.6. The van der Waals surface area contributed by atoms with Gasteiger partial charge in [-0.15, -0.1) is 0 Å². The maximum atomic E-state index is 12.2. The third-order valence-corrected chi connectivity index (χ3v) is 5.41. The fraction of sp³-hybridized carbons (Fsp3) is 0.409. The third kappa shape index (κ3) is 4.02. The summed E-state index contributed by atoms with van der Waals surface area (Å²) in [7, 11) is 1.67. The van der Waals surface area contributed by atoms with Gasteiger partial charge in [-0.05, 0) is 61.9 Å². The van der Waals surface area contributed by atoms with Crippen molar-refractivity contribution in [2.45, 2.75) is 44.1 Å². The predicted molar refractivity (Wildman–Crippen MR) is 103 cm³/mol. The van der Waals surface area contributed by atoms with Crippen LogP contribution in [0.25, 0.3) is 6.08 Å². The van der Waals surface area contributed by atoms with Crippen LogP contribution in [-0.4, -0.2) is 25.7 Å². The van der Waals surface area contributed by atoms with Crippen LogP contribution in [0.5, 0.6) is 11.5 Å². The van der Waals surface area contributed by atoms with Gasteiger partial charge in [-0.3, -0.25) is 4.79 Å². The predicted octanol–water partition coefficient (Wildman–Crippen LogP) is 4.30. The van der Waals surface area contributed by atoms with Crippen molar-refractivity contribution in [1.82, 2.24) is 5.32 Å². The number of ether oxygens (including phenoxy) is 2. The zero-order valence-electron chi connectivity index (χ0n) is 15.6. The van der Waals surface area contributed by atoms with Crippen LogP contribution in [0.2, 0.25) is 0 Å². The first kappa shape index (κ1) is 17.7.